The van der Waals surface area contributed by atoms with E-state index >= 15 is 0 Å². The molecule has 0 heterocycles. The zero-order chi connectivity index (χ0) is 16.6. The topological polar surface area (TPSA) is 55.4 Å². The number of methoxy groups -OCH3 is 1. The van der Waals surface area contributed by atoms with Crippen LogP contribution in [0.5, 0.6) is 5.75 Å². The van der Waals surface area contributed by atoms with Gasteiger partial charge in [0, 0.05) is 6.54 Å². The highest BCUT2D eigenvalue weighted by atomic mass is 32.2. The third kappa shape index (κ3) is 6.45. The fourth-order valence-electron chi connectivity index (χ4n) is 1.85. The third-order valence-electron chi connectivity index (χ3n) is 3.18. The summed E-state index contributed by atoms with van der Waals surface area (Å²) in [6.07, 6.45) is 6.02. The van der Waals surface area contributed by atoms with Gasteiger partial charge in [-0.25, -0.2) is 13.1 Å². The molecule has 0 fully saturated rings. The highest BCUT2D eigenvalue weighted by Gasteiger charge is 2.12. The van der Waals surface area contributed by atoms with E-state index in [1.54, 1.807) is 19.2 Å². The number of hydrogen-bond acceptors (Lipinski definition) is 3. The maximum absolute atomic E-state index is 12.1. The summed E-state index contributed by atoms with van der Waals surface area (Å²) < 4.78 is 31.9. The van der Waals surface area contributed by atoms with Gasteiger partial charge in [0.05, 0.1) is 12.0 Å². The molecule has 0 aliphatic rings. The lowest BCUT2D eigenvalue weighted by atomic mass is 10.1. The Morgan fingerprint density at radius 1 is 1.14 bits per heavy atom. The number of ether oxygens (including phenoxy) is 1. The van der Waals surface area contributed by atoms with Gasteiger partial charge in [-0.2, -0.15) is 0 Å². The SMILES string of the molecule is COc1ccc(S(=O)(=O)NC/C=C(/C)CCC=C(C)C)cc1. The van der Waals surface area contributed by atoms with Crippen LogP contribution >= 0.6 is 0 Å². The second kappa shape index (κ2) is 8.76. The van der Waals surface area contributed by atoms with Crippen LogP contribution in [-0.4, -0.2) is 22.1 Å². The van der Waals surface area contributed by atoms with E-state index in [9.17, 15) is 8.42 Å². The molecule has 0 spiro atoms. The van der Waals surface area contributed by atoms with Gasteiger partial charge in [-0.3, -0.25) is 0 Å². The molecule has 122 valence electrons. The minimum absolute atomic E-state index is 0.240. The van der Waals surface area contributed by atoms with E-state index < -0.39 is 10.0 Å². The number of benzene rings is 1. The summed E-state index contributed by atoms with van der Waals surface area (Å²) in [6, 6.07) is 6.34. The quantitative estimate of drug-likeness (QED) is 0.743. The molecule has 1 aromatic carbocycles. The van der Waals surface area contributed by atoms with E-state index in [1.165, 1.54) is 23.3 Å². The molecule has 0 amide bonds. The molecule has 1 N–H and O–H groups in total. The van der Waals surface area contributed by atoms with E-state index in [0.717, 1.165) is 12.8 Å². The minimum atomic E-state index is -3.48. The van der Waals surface area contributed by atoms with Crippen LogP contribution < -0.4 is 9.46 Å². The van der Waals surface area contributed by atoms with Gasteiger partial charge in [-0.05, 0) is 57.9 Å². The van der Waals surface area contributed by atoms with Crippen molar-refractivity contribution in [1.29, 1.82) is 0 Å². The molecule has 1 rings (SSSR count). The second-order valence-electron chi connectivity index (χ2n) is 5.40. The van der Waals surface area contributed by atoms with Crippen LogP contribution in [-0.2, 0) is 10.0 Å². The molecule has 1 aromatic rings. The number of sulfonamides is 1. The lowest BCUT2D eigenvalue weighted by molar-refractivity contribution is 0.414. The van der Waals surface area contributed by atoms with Crippen molar-refractivity contribution in [3.05, 3.63) is 47.6 Å². The Balaban J connectivity index is 2.56. The number of allylic oxidation sites excluding steroid dienone is 3. The average molecular weight is 323 g/mol. The molecule has 0 unspecified atom stereocenters. The Morgan fingerprint density at radius 2 is 1.77 bits per heavy atom. The predicted molar refractivity (Wildman–Crippen MR) is 90.6 cm³/mol. The van der Waals surface area contributed by atoms with Crippen LogP contribution in [0, 0.1) is 0 Å². The molecule has 0 aliphatic carbocycles. The molecule has 0 saturated carbocycles. The summed E-state index contributed by atoms with van der Waals surface area (Å²) in [7, 11) is -1.93. The van der Waals surface area contributed by atoms with Crippen molar-refractivity contribution < 1.29 is 13.2 Å². The Kier molecular flexibility index (Phi) is 7.35. The lowest BCUT2D eigenvalue weighted by Crippen LogP contribution is -2.23. The number of nitrogens with one attached hydrogen (secondary N) is 1. The van der Waals surface area contributed by atoms with Crippen molar-refractivity contribution in [2.45, 2.75) is 38.5 Å². The van der Waals surface area contributed by atoms with Crippen LogP contribution in [0.2, 0.25) is 0 Å². The van der Waals surface area contributed by atoms with Crippen molar-refractivity contribution in [3.63, 3.8) is 0 Å². The van der Waals surface area contributed by atoms with Crippen molar-refractivity contribution in [2.24, 2.45) is 0 Å². The summed E-state index contributed by atoms with van der Waals surface area (Å²) >= 11 is 0. The Bertz CT molecular complexity index is 624. The fourth-order valence-corrected chi connectivity index (χ4v) is 2.82. The van der Waals surface area contributed by atoms with Gasteiger partial charge < -0.3 is 4.74 Å². The zero-order valence-electron chi connectivity index (χ0n) is 13.7. The largest absolute Gasteiger partial charge is 0.497 e. The molecule has 22 heavy (non-hydrogen) atoms. The number of rotatable bonds is 8. The highest BCUT2D eigenvalue weighted by molar-refractivity contribution is 7.89. The summed E-state index contributed by atoms with van der Waals surface area (Å²) in [5.41, 5.74) is 2.47. The summed E-state index contributed by atoms with van der Waals surface area (Å²) in [4.78, 5) is 0.240. The monoisotopic (exact) mass is 323 g/mol. The normalized spacial score (nSPS) is 12.1. The van der Waals surface area contributed by atoms with Gasteiger partial charge in [0.15, 0.2) is 0 Å². The summed E-state index contributed by atoms with van der Waals surface area (Å²) in [5, 5.41) is 0. The van der Waals surface area contributed by atoms with Crippen LogP contribution in [0.1, 0.15) is 33.6 Å². The smallest absolute Gasteiger partial charge is 0.240 e. The van der Waals surface area contributed by atoms with Crippen LogP contribution in [0.4, 0.5) is 0 Å². The molecule has 0 atom stereocenters. The van der Waals surface area contributed by atoms with E-state index in [1.807, 2.05) is 13.0 Å². The minimum Gasteiger partial charge on any atom is -0.497 e. The molecule has 0 aliphatic heterocycles. The summed E-state index contributed by atoms with van der Waals surface area (Å²) in [6.45, 7) is 6.46. The van der Waals surface area contributed by atoms with Gasteiger partial charge in [0.25, 0.3) is 0 Å². The Labute approximate surface area is 133 Å². The number of hydrogen-bond donors (Lipinski definition) is 1. The molecule has 0 bridgehead atoms. The first-order chi connectivity index (χ1) is 10.3. The maximum atomic E-state index is 12.1. The van der Waals surface area contributed by atoms with E-state index in [-0.39, 0.29) is 4.90 Å². The van der Waals surface area contributed by atoms with Crippen LogP contribution in [0.15, 0.2) is 52.5 Å². The van der Waals surface area contributed by atoms with E-state index in [0.29, 0.717) is 12.3 Å². The molecule has 5 heteroatoms. The predicted octanol–water partition coefficient (Wildman–Crippen LogP) is 3.67. The first-order valence-corrected chi connectivity index (χ1v) is 8.76. The van der Waals surface area contributed by atoms with Crippen LogP contribution in [0.25, 0.3) is 0 Å². The molecular formula is C17H25NO3S. The van der Waals surface area contributed by atoms with Gasteiger partial charge in [-0.1, -0.05) is 23.3 Å². The Hall–Kier alpha value is -1.59. The second-order valence-corrected chi connectivity index (χ2v) is 7.17. The maximum Gasteiger partial charge on any atom is 0.240 e. The standard InChI is InChI=1S/C17H25NO3S/c1-14(2)6-5-7-15(3)12-13-18-22(19,20)17-10-8-16(21-4)9-11-17/h6,8-12,18H,5,7,13H2,1-4H3/b15-12-. The first-order valence-electron chi connectivity index (χ1n) is 7.28. The Morgan fingerprint density at radius 3 is 2.32 bits per heavy atom. The first kappa shape index (κ1) is 18.5. The van der Waals surface area contributed by atoms with Gasteiger partial charge in [0.2, 0.25) is 10.0 Å². The molecule has 0 radical (unpaired) electrons. The van der Waals surface area contributed by atoms with Crippen LogP contribution in [0.3, 0.4) is 0 Å². The fraction of sp³-hybridized carbons (Fsp3) is 0.412. The van der Waals surface area contributed by atoms with Crippen molar-refractivity contribution in [3.8, 4) is 5.75 Å². The highest BCUT2D eigenvalue weighted by Crippen LogP contribution is 2.15. The van der Waals surface area contributed by atoms with Crippen molar-refractivity contribution in [1.82, 2.24) is 4.72 Å². The average Bonchev–Trinajstić information content (AvgIpc) is 2.46. The van der Waals surface area contributed by atoms with Crippen molar-refractivity contribution >= 4 is 10.0 Å². The van der Waals surface area contributed by atoms with Gasteiger partial charge in [-0.15, -0.1) is 0 Å². The van der Waals surface area contributed by atoms with E-state index in [4.69, 9.17) is 4.74 Å². The summed E-state index contributed by atoms with van der Waals surface area (Å²) in [5.74, 6) is 0.633. The lowest BCUT2D eigenvalue weighted by Gasteiger charge is -2.06. The third-order valence-corrected chi connectivity index (χ3v) is 4.62. The van der Waals surface area contributed by atoms with Gasteiger partial charge in [0.1, 0.15) is 5.75 Å². The molecular weight excluding hydrogens is 298 g/mol. The van der Waals surface area contributed by atoms with Gasteiger partial charge >= 0.3 is 0 Å². The van der Waals surface area contributed by atoms with Crippen molar-refractivity contribution in [2.75, 3.05) is 13.7 Å². The van der Waals surface area contributed by atoms with E-state index in [2.05, 4.69) is 24.6 Å². The molecule has 0 aromatic heterocycles. The zero-order valence-corrected chi connectivity index (χ0v) is 14.5. The molecule has 4 nitrogen and oxygen atoms in total. The molecule has 0 saturated heterocycles.